The number of nitrogens with two attached hydrogens (primary N) is 1. The van der Waals surface area contributed by atoms with E-state index in [1.54, 1.807) is 18.2 Å². The van der Waals surface area contributed by atoms with Crippen molar-refractivity contribution in [2.24, 2.45) is 0 Å². The molecule has 0 spiro atoms. The summed E-state index contributed by atoms with van der Waals surface area (Å²) in [5, 5.41) is 0.777. The second kappa shape index (κ2) is 4.96. The molecule has 0 fully saturated rings. The molecule has 17 heavy (non-hydrogen) atoms. The minimum Gasteiger partial charge on any atom is -0.435 e. The Hall–Kier alpha value is -1.23. The lowest BCUT2D eigenvalue weighted by Gasteiger charge is -2.09. The van der Waals surface area contributed by atoms with Gasteiger partial charge in [0.15, 0.2) is 5.15 Å². The van der Waals surface area contributed by atoms with Crippen LogP contribution in [0, 0.1) is 0 Å². The van der Waals surface area contributed by atoms with Crippen molar-refractivity contribution in [2.45, 2.75) is 0 Å². The number of anilines is 1. The van der Waals surface area contributed by atoms with Gasteiger partial charge in [0.25, 0.3) is 0 Å². The zero-order chi connectivity index (χ0) is 12.4. The fourth-order valence-electron chi connectivity index (χ4n) is 1.11. The Labute approximate surface area is 112 Å². The van der Waals surface area contributed by atoms with Crippen molar-refractivity contribution in [2.75, 3.05) is 5.73 Å². The van der Waals surface area contributed by atoms with E-state index in [1.807, 2.05) is 0 Å². The molecule has 0 aliphatic heterocycles. The summed E-state index contributed by atoms with van der Waals surface area (Å²) in [6.07, 6.45) is 1.24. The first-order valence-electron chi connectivity index (χ1n) is 4.47. The molecular weight excluding hydrogens is 284 g/mol. The van der Waals surface area contributed by atoms with Crippen LogP contribution in [0.1, 0.15) is 0 Å². The molecule has 0 atom stereocenters. The molecule has 2 aromatic rings. The third kappa shape index (κ3) is 2.54. The zero-order valence-corrected chi connectivity index (χ0v) is 10.6. The number of benzene rings is 1. The van der Waals surface area contributed by atoms with Crippen LogP contribution >= 0.6 is 34.8 Å². The number of aromatic nitrogens is 2. The van der Waals surface area contributed by atoms with Crippen molar-refractivity contribution < 1.29 is 4.74 Å². The van der Waals surface area contributed by atoms with Crippen molar-refractivity contribution in [3.63, 3.8) is 0 Å². The van der Waals surface area contributed by atoms with Crippen LogP contribution in [0.4, 0.5) is 5.69 Å². The summed E-state index contributed by atoms with van der Waals surface area (Å²) in [6, 6.07) is 4.99. The van der Waals surface area contributed by atoms with Crippen molar-refractivity contribution >= 4 is 40.5 Å². The van der Waals surface area contributed by atoms with E-state index in [0.29, 0.717) is 10.8 Å². The van der Waals surface area contributed by atoms with Crippen LogP contribution < -0.4 is 10.5 Å². The van der Waals surface area contributed by atoms with Crippen molar-refractivity contribution in [3.8, 4) is 11.6 Å². The molecule has 0 aliphatic rings. The number of nitrogen functional groups attached to an aromatic ring is 1. The van der Waals surface area contributed by atoms with Crippen LogP contribution in [-0.2, 0) is 0 Å². The standard InChI is InChI=1S/C10H6Cl3N3O/c11-5-2-1-3-6(7(5)12)17-10-8(14)9(13)15-4-16-10/h1-4H,14H2. The van der Waals surface area contributed by atoms with E-state index >= 15 is 0 Å². The van der Waals surface area contributed by atoms with Gasteiger partial charge in [0.2, 0.25) is 5.88 Å². The normalized spacial score (nSPS) is 10.3. The fraction of sp³-hybridized carbons (Fsp3) is 0. The van der Waals surface area contributed by atoms with Gasteiger partial charge in [-0.05, 0) is 12.1 Å². The second-order valence-corrected chi connectivity index (χ2v) is 4.18. The van der Waals surface area contributed by atoms with Crippen LogP contribution in [0.2, 0.25) is 15.2 Å². The number of hydrogen-bond donors (Lipinski definition) is 1. The predicted octanol–water partition coefficient (Wildman–Crippen LogP) is 3.81. The third-order valence-electron chi connectivity index (χ3n) is 1.92. The Morgan fingerprint density at radius 3 is 2.65 bits per heavy atom. The molecule has 7 heteroatoms. The van der Waals surface area contributed by atoms with E-state index in [1.165, 1.54) is 6.33 Å². The molecule has 1 aromatic heterocycles. The summed E-state index contributed by atoms with van der Waals surface area (Å²) in [5.41, 5.74) is 5.80. The van der Waals surface area contributed by atoms with E-state index in [2.05, 4.69) is 9.97 Å². The van der Waals surface area contributed by atoms with E-state index in [0.717, 1.165) is 0 Å². The van der Waals surface area contributed by atoms with Crippen LogP contribution in [0.3, 0.4) is 0 Å². The summed E-state index contributed by atoms with van der Waals surface area (Å²) in [4.78, 5) is 7.57. The minimum absolute atomic E-state index is 0.119. The summed E-state index contributed by atoms with van der Waals surface area (Å²) in [6.45, 7) is 0. The first kappa shape index (κ1) is 12.2. The molecule has 4 nitrogen and oxygen atoms in total. The summed E-state index contributed by atoms with van der Waals surface area (Å²) in [5.74, 6) is 0.481. The highest BCUT2D eigenvalue weighted by atomic mass is 35.5. The van der Waals surface area contributed by atoms with Gasteiger partial charge >= 0.3 is 0 Å². The molecule has 2 rings (SSSR count). The molecule has 0 saturated heterocycles. The zero-order valence-electron chi connectivity index (χ0n) is 8.32. The molecule has 0 radical (unpaired) electrons. The van der Waals surface area contributed by atoms with Crippen LogP contribution in [0.25, 0.3) is 0 Å². The van der Waals surface area contributed by atoms with E-state index < -0.39 is 0 Å². The minimum atomic E-state index is 0.119. The number of hydrogen-bond acceptors (Lipinski definition) is 4. The van der Waals surface area contributed by atoms with Gasteiger partial charge in [0.05, 0.1) is 5.02 Å². The highest BCUT2D eigenvalue weighted by Crippen LogP contribution is 2.36. The van der Waals surface area contributed by atoms with Gasteiger partial charge in [0.1, 0.15) is 22.8 Å². The first-order chi connectivity index (χ1) is 8.09. The Bertz CT molecular complexity index is 513. The van der Waals surface area contributed by atoms with Gasteiger partial charge in [-0.1, -0.05) is 40.9 Å². The third-order valence-corrected chi connectivity index (χ3v) is 3.02. The lowest BCUT2D eigenvalue weighted by Crippen LogP contribution is -1.97. The molecule has 0 saturated carbocycles. The first-order valence-corrected chi connectivity index (χ1v) is 5.61. The van der Waals surface area contributed by atoms with Gasteiger partial charge in [0, 0.05) is 0 Å². The van der Waals surface area contributed by atoms with Gasteiger partial charge in [-0.15, -0.1) is 0 Å². The molecule has 88 valence electrons. The monoisotopic (exact) mass is 289 g/mol. The Morgan fingerprint density at radius 2 is 1.88 bits per heavy atom. The van der Waals surface area contributed by atoms with Crippen molar-refractivity contribution in [3.05, 3.63) is 39.7 Å². The predicted molar refractivity (Wildman–Crippen MR) is 68.0 cm³/mol. The Morgan fingerprint density at radius 1 is 1.12 bits per heavy atom. The summed E-state index contributed by atoms with van der Waals surface area (Å²) >= 11 is 17.5. The average molecular weight is 291 g/mol. The second-order valence-electron chi connectivity index (χ2n) is 3.04. The quantitative estimate of drug-likeness (QED) is 0.854. The van der Waals surface area contributed by atoms with Gasteiger partial charge < -0.3 is 10.5 Å². The molecule has 0 unspecified atom stereocenters. The lowest BCUT2D eigenvalue weighted by atomic mass is 10.3. The maximum atomic E-state index is 5.96. The van der Waals surface area contributed by atoms with Crippen LogP contribution in [0.15, 0.2) is 24.5 Å². The summed E-state index contributed by atoms with van der Waals surface area (Å²) in [7, 11) is 0. The number of nitrogens with zero attached hydrogens (tertiary/aromatic N) is 2. The van der Waals surface area contributed by atoms with Crippen molar-refractivity contribution in [1.29, 1.82) is 0 Å². The van der Waals surface area contributed by atoms with E-state index in [9.17, 15) is 0 Å². The summed E-state index contributed by atoms with van der Waals surface area (Å²) < 4.78 is 5.42. The topological polar surface area (TPSA) is 61.0 Å². The Balaban J connectivity index is 2.38. The number of halogens is 3. The number of ether oxygens (including phenoxy) is 1. The Kier molecular flexibility index (Phi) is 3.57. The molecular formula is C10H6Cl3N3O. The van der Waals surface area contributed by atoms with Crippen molar-refractivity contribution in [1.82, 2.24) is 9.97 Å². The smallest absolute Gasteiger partial charge is 0.247 e. The lowest BCUT2D eigenvalue weighted by molar-refractivity contribution is 0.464. The van der Waals surface area contributed by atoms with E-state index in [-0.39, 0.29) is 21.7 Å². The van der Waals surface area contributed by atoms with Gasteiger partial charge in [-0.3, -0.25) is 0 Å². The molecule has 2 N–H and O–H groups in total. The van der Waals surface area contributed by atoms with Crippen LogP contribution in [0.5, 0.6) is 11.6 Å². The van der Waals surface area contributed by atoms with Gasteiger partial charge in [-0.25, -0.2) is 4.98 Å². The average Bonchev–Trinajstić information content (AvgIpc) is 2.31. The fourth-order valence-corrected chi connectivity index (χ4v) is 1.56. The highest BCUT2D eigenvalue weighted by molar-refractivity contribution is 6.42. The highest BCUT2D eigenvalue weighted by Gasteiger charge is 2.11. The molecule has 1 aromatic carbocycles. The molecule has 0 bridgehead atoms. The maximum absolute atomic E-state index is 5.96. The van der Waals surface area contributed by atoms with E-state index in [4.69, 9.17) is 45.3 Å². The molecule has 0 amide bonds. The van der Waals surface area contributed by atoms with Gasteiger partial charge in [-0.2, -0.15) is 4.98 Å². The number of rotatable bonds is 2. The molecule has 0 aliphatic carbocycles. The van der Waals surface area contributed by atoms with Crippen LogP contribution in [-0.4, -0.2) is 9.97 Å². The maximum Gasteiger partial charge on any atom is 0.247 e. The molecule has 1 heterocycles. The largest absolute Gasteiger partial charge is 0.435 e. The SMILES string of the molecule is Nc1c(Cl)ncnc1Oc1cccc(Cl)c1Cl.